The van der Waals surface area contributed by atoms with E-state index in [-0.39, 0.29) is 18.6 Å². The molecule has 84 valence electrons. The molecule has 0 aliphatic rings. The van der Waals surface area contributed by atoms with Gasteiger partial charge in [-0.2, -0.15) is 0 Å². The highest BCUT2D eigenvalue weighted by atomic mass is 16.3. The minimum atomic E-state index is -0.885. The van der Waals surface area contributed by atoms with Gasteiger partial charge in [-0.1, -0.05) is 13.8 Å². The van der Waals surface area contributed by atoms with Crippen LogP contribution in [0.25, 0.3) is 0 Å². The summed E-state index contributed by atoms with van der Waals surface area (Å²) in [5.74, 6) is 0.213. The van der Waals surface area contributed by atoms with Crippen LogP contribution in [-0.4, -0.2) is 29.2 Å². The van der Waals surface area contributed by atoms with E-state index in [1.165, 1.54) is 0 Å². The number of nitrogens with one attached hydrogen (secondary N) is 1. The van der Waals surface area contributed by atoms with E-state index in [9.17, 15) is 4.79 Å². The van der Waals surface area contributed by atoms with Crippen LogP contribution in [0.15, 0.2) is 0 Å². The molecule has 4 nitrogen and oxygen atoms in total. The van der Waals surface area contributed by atoms with Gasteiger partial charge in [0, 0.05) is 0 Å². The molecule has 0 radical (unpaired) electrons. The molecule has 0 bridgehead atoms. The Labute approximate surface area is 85.9 Å². The maximum Gasteiger partial charge on any atom is 0.239 e. The molecular weight excluding hydrogens is 180 g/mol. The zero-order chi connectivity index (χ0) is 11.4. The third kappa shape index (κ3) is 5.19. The van der Waals surface area contributed by atoms with E-state index >= 15 is 0 Å². The van der Waals surface area contributed by atoms with E-state index in [1.807, 2.05) is 13.8 Å². The van der Waals surface area contributed by atoms with Crippen LogP contribution in [0.1, 0.15) is 34.1 Å². The molecule has 0 saturated carbocycles. The highest BCUT2D eigenvalue weighted by Gasteiger charge is 2.24. The zero-order valence-corrected chi connectivity index (χ0v) is 9.50. The quantitative estimate of drug-likeness (QED) is 0.598. The lowest BCUT2D eigenvalue weighted by atomic mass is 10.0. The van der Waals surface area contributed by atoms with Gasteiger partial charge < -0.3 is 16.2 Å². The second kappa shape index (κ2) is 5.32. The van der Waals surface area contributed by atoms with Crippen molar-refractivity contribution < 1.29 is 9.90 Å². The van der Waals surface area contributed by atoms with Crippen molar-refractivity contribution in [3.05, 3.63) is 0 Å². The molecule has 0 aromatic heterocycles. The predicted molar refractivity (Wildman–Crippen MR) is 56.7 cm³/mol. The van der Waals surface area contributed by atoms with Gasteiger partial charge in [0.2, 0.25) is 5.91 Å². The number of amides is 1. The summed E-state index contributed by atoms with van der Waals surface area (Å²) >= 11 is 0. The Hall–Kier alpha value is -0.610. The first-order valence-electron chi connectivity index (χ1n) is 4.98. The number of rotatable bonds is 5. The van der Waals surface area contributed by atoms with Crippen molar-refractivity contribution in [3.8, 4) is 0 Å². The number of nitrogens with two attached hydrogens (primary N) is 1. The molecular formula is C10H22N2O2. The fourth-order valence-corrected chi connectivity index (χ4v) is 1.12. The highest BCUT2D eigenvalue weighted by molar-refractivity contribution is 5.85. The Kier molecular flexibility index (Phi) is 5.08. The van der Waals surface area contributed by atoms with E-state index in [4.69, 9.17) is 10.8 Å². The third-order valence-corrected chi connectivity index (χ3v) is 1.90. The van der Waals surface area contributed by atoms with Crippen LogP contribution in [0, 0.1) is 5.92 Å². The van der Waals surface area contributed by atoms with Gasteiger partial charge in [-0.3, -0.25) is 4.79 Å². The van der Waals surface area contributed by atoms with Crippen molar-refractivity contribution in [1.29, 1.82) is 0 Å². The summed E-state index contributed by atoms with van der Waals surface area (Å²) in [7, 11) is 0. The average molecular weight is 202 g/mol. The van der Waals surface area contributed by atoms with Gasteiger partial charge in [0.1, 0.15) is 0 Å². The van der Waals surface area contributed by atoms with Crippen LogP contribution in [0.2, 0.25) is 0 Å². The summed E-state index contributed by atoms with van der Waals surface area (Å²) in [4.78, 5) is 11.5. The van der Waals surface area contributed by atoms with Crippen LogP contribution in [-0.2, 0) is 4.79 Å². The molecule has 0 aromatic carbocycles. The second-order valence-electron chi connectivity index (χ2n) is 4.70. The van der Waals surface area contributed by atoms with Gasteiger partial charge in [0.15, 0.2) is 0 Å². The zero-order valence-electron chi connectivity index (χ0n) is 9.50. The van der Waals surface area contributed by atoms with Gasteiger partial charge in [0.05, 0.1) is 18.2 Å². The molecule has 0 rings (SSSR count). The van der Waals surface area contributed by atoms with E-state index in [1.54, 1.807) is 13.8 Å². The molecule has 0 aliphatic heterocycles. The Morgan fingerprint density at radius 2 is 2.00 bits per heavy atom. The number of carbonyl (C=O) groups excluding carboxylic acids is 1. The van der Waals surface area contributed by atoms with Crippen molar-refractivity contribution >= 4 is 5.91 Å². The minimum Gasteiger partial charge on any atom is -0.394 e. The van der Waals surface area contributed by atoms with Crippen LogP contribution in [0.3, 0.4) is 0 Å². The van der Waals surface area contributed by atoms with Gasteiger partial charge in [-0.15, -0.1) is 0 Å². The van der Waals surface area contributed by atoms with Crippen LogP contribution in [0.4, 0.5) is 0 Å². The fourth-order valence-electron chi connectivity index (χ4n) is 1.12. The maximum atomic E-state index is 11.5. The molecule has 0 spiro atoms. The fraction of sp³-hybridized carbons (Fsp3) is 0.900. The number of hydrogen-bond donors (Lipinski definition) is 3. The lowest BCUT2D eigenvalue weighted by Gasteiger charge is -2.24. The SMILES string of the molecule is CC(C)CC(CO)NC(=O)C(C)(C)N. The van der Waals surface area contributed by atoms with Crippen LogP contribution >= 0.6 is 0 Å². The number of aliphatic hydroxyl groups excluding tert-OH is 1. The minimum absolute atomic E-state index is 0.0417. The summed E-state index contributed by atoms with van der Waals surface area (Å²) in [6, 6.07) is -0.190. The van der Waals surface area contributed by atoms with Gasteiger partial charge in [-0.25, -0.2) is 0 Å². The number of hydrogen-bond acceptors (Lipinski definition) is 3. The summed E-state index contributed by atoms with van der Waals surface area (Å²) in [6.07, 6.45) is 0.762. The summed E-state index contributed by atoms with van der Waals surface area (Å²) in [5, 5.41) is 11.8. The average Bonchev–Trinajstić information content (AvgIpc) is 2.00. The van der Waals surface area contributed by atoms with E-state index in [2.05, 4.69) is 5.32 Å². The smallest absolute Gasteiger partial charge is 0.239 e. The summed E-state index contributed by atoms with van der Waals surface area (Å²) in [6.45, 7) is 7.34. The molecule has 1 unspecified atom stereocenters. The van der Waals surface area contributed by atoms with Gasteiger partial charge >= 0.3 is 0 Å². The van der Waals surface area contributed by atoms with Crippen molar-refractivity contribution in [3.63, 3.8) is 0 Å². The monoisotopic (exact) mass is 202 g/mol. The predicted octanol–water partition coefficient (Wildman–Crippen LogP) is 0.247. The Balaban J connectivity index is 4.12. The first kappa shape index (κ1) is 13.4. The Morgan fingerprint density at radius 1 is 1.50 bits per heavy atom. The maximum absolute atomic E-state index is 11.5. The lowest BCUT2D eigenvalue weighted by Crippen LogP contribution is -2.53. The largest absolute Gasteiger partial charge is 0.394 e. The van der Waals surface area contributed by atoms with E-state index < -0.39 is 5.54 Å². The summed E-state index contributed by atoms with van der Waals surface area (Å²) in [5.41, 5.74) is 4.73. The van der Waals surface area contributed by atoms with E-state index in [0.717, 1.165) is 6.42 Å². The van der Waals surface area contributed by atoms with Gasteiger partial charge in [0.25, 0.3) is 0 Å². The molecule has 14 heavy (non-hydrogen) atoms. The molecule has 4 N–H and O–H groups in total. The molecule has 4 heteroatoms. The summed E-state index contributed by atoms with van der Waals surface area (Å²) < 4.78 is 0. The molecule has 1 amide bonds. The Morgan fingerprint density at radius 3 is 2.29 bits per heavy atom. The second-order valence-corrected chi connectivity index (χ2v) is 4.70. The van der Waals surface area contributed by atoms with E-state index in [0.29, 0.717) is 5.92 Å². The molecule has 0 fully saturated rings. The number of aliphatic hydroxyl groups is 1. The normalized spacial score (nSPS) is 14.2. The first-order valence-corrected chi connectivity index (χ1v) is 4.98. The van der Waals surface area contributed by atoms with Crippen LogP contribution < -0.4 is 11.1 Å². The van der Waals surface area contributed by atoms with Crippen molar-refractivity contribution in [1.82, 2.24) is 5.32 Å². The molecule has 0 aromatic rings. The van der Waals surface area contributed by atoms with Crippen molar-refractivity contribution in [2.24, 2.45) is 11.7 Å². The first-order chi connectivity index (χ1) is 6.27. The molecule has 0 heterocycles. The highest BCUT2D eigenvalue weighted by Crippen LogP contribution is 2.05. The van der Waals surface area contributed by atoms with Crippen LogP contribution in [0.5, 0.6) is 0 Å². The third-order valence-electron chi connectivity index (χ3n) is 1.90. The molecule has 0 saturated heterocycles. The van der Waals surface area contributed by atoms with Gasteiger partial charge in [-0.05, 0) is 26.2 Å². The number of carbonyl (C=O) groups is 1. The standard InChI is InChI=1S/C10H22N2O2/c1-7(2)5-8(6-13)12-9(14)10(3,4)11/h7-8,13H,5-6,11H2,1-4H3,(H,12,14). The Bertz CT molecular complexity index is 185. The lowest BCUT2D eigenvalue weighted by molar-refractivity contribution is -0.126. The topological polar surface area (TPSA) is 75.3 Å². The molecule has 1 atom stereocenters. The van der Waals surface area contributed by atoms with Crippen molar-refractivity contribution in [2.45, 2.75) is 45.7 Å². The van der Waals surface area contributed by atoms with Crippen molar-refractivity contribution in [2.75, 3.05) is 6.61 Å². The molecule has 0 aliphatic carbocycles.